The van der Waals surface area contributed by atoms with Crippen molar-refractivity contribution in [1.29, 1.82) is 5.41 Å². The average Bonchev–Trinajstić information content (AvgIpc) is 2.87. The summed E-state index contributed by atoms with van der Waals surface area (Å²) in [5, 5.41) is 13.6. The SMILES string of the molecule is CN(C(=O)c1ccc2ccccc2c1)c1ccc(CNc2ccccc2C(=N)CC=O)cc1. The number of nitrogens with zero attached hydrogens (tertiary/aromatic N) is 1. The lowest BCUT2D eigenvalue weighted by Gasteiger charge is -2.18. The number of hydrogen-bond acceptors (Lipinski definition) is 4. The van der Waals surface area contributed by atoms with Gasteiger partial charge in [-0.3, -0.25) is 4.79 Å². The molecule has 0 fully saturated rings. The van der Waals surface area contributed by atoms with Gasteiger partial charge in [-0.1, -0.05) is 60.7 Å². The van der Waals surface area contributed by atoms with Crippen LogP contribution in [-0.2, 0) is 11.3 Å². The second kappa shape index (κ2) is 9.92. The summed E-state index contributed by atoms with van der Waals surface area (Å²) in [4.78, 5) is 25.4. The van der Waals surface area contributed by atoms with Crippen molar-refractivity contribution in [3.05, 3.63) is 108 Å². The summed E-state index contributed by atoms with van der Waals surface area (Å²) < 4.78 is 0. The van der Waals surface area contributed by atoms with Gasteiger partial charge in [0.25, 0.3) is 5.91 Å². The van der Waals surface area contributed by atoms with Crippen molar-refractivity contribution in [2.75, 3.05) is 17.3 Å². The molecule has 0 radical (unpaired) electrons. The van der Waals surface area contributed by atoms with E-state index in [0.29, 0.717) is 12.1 Å². The number of para-hydroxylation sites is 1. The Morgan fingerprint density at radius 3 is 2.36 bits per heavy atom. The van der Waals surface area contributed by atoms with Gasteiger partial charge in [-0.15, -0.1) is 0 Å². The minimum absolute atomic E-state index is 0.0609. The Balaban J connectivity index is 1.44. The first-order valence-electron chi connectivity index (χ1n) is 10.8. The minimum Gasteiger partial charge on any atom is -0.380 e. The standard InChI is InChI=1S/C28H25N3O2/c1-31(28(33)23-13-12-21-6-2-3-7-22(21)18-23)24-14-10-20(11-15-24)19-30-27-9-5-4-8-25(27)26(29)16-17-32/h2-15,17-18,29-30H,16,19H2,1H3. The molecule has 0 aliphatic carbocycles. The first kappa shape index (κ1) is 22.0. The van der Waals surface area contributed by atoms with Gasteiger partial charge < -0.3 is 20.4 Å². The first-order chi connectivity index (χ1) is 16.1. The zero-order valence-electron chi connectivity index (χ0n) is 18.4. The molecule has 0 aliphatic heterocycles. The van der Waals surface area contributed by atoms with Crippen molar-refractivity contribution in [3.63, 3.8) is 0 Å². The van der Waals surface area contributed by atoms with Gasteiger partial charge in [0.05, 0.1) is 0 Å². The van der Waals surface area contributed by atoms with Crippen LogP contribution in [0.2, 0.25) is 0 Å². The van der Waals surface area contributed by atoms with E-state index in [1.165, 1.54) is 0 Å². The van der Waals surface area contributed by atoms with Crippen molar-refractivity contribution < 1.29 is 9.59 Å². The summed E-state index contributed by atoms with van der Waals surface area (Å²) in [6.07, 6.45) is 0.832. The molecule has 164 valence electrons. The van der Waals surface area contributed by atoms with E-state index in [0.717, 1.165) is 39.6 Å². The fourth-order valence-electron chi connectivity index (χ4n) is 3.76. The topological polar surface area (TPSA) is 73.3 Å². The van der Waals surface area contributed by atoms with E-state index in [2.05, 4.69) is 5.32 Å². The van der Waals surface area contributed by atoms with Gasteiger partial charge in [0.15, 0.2) is 0 Å². The second-order valence-electron chi connectivity index (χ2n) is 7.84. The molecule has 2 N–H and O–H groups in total. The number of carbonyl (C=O) groups excluding carboxylic acids is 2. The Morgan fingerprint density at radius 1 is 0.909 bits per heavy atom. The third-order valence-corrected chi connectivity index (χ3v) is 5.65. The maximum atomic E-state index is 13.0. The molecule has 4 aromatic rings. The summed E-state index contributed by atoms with van der Waals surface area (Å²) in [6, 6.07) is 29.1. The molecular formula is C28H25N3O2. The van der Waals surface area contributed by atoms with Gasteiger partial charge in [-0.25, -0.2) is 0 Å². The van der Waals surface area contributed by atoms with Crippen LogP contribution < -0.4 is 10.2 Å². The Morgan fingerprint density at radius 2 is 1.61 bits per heavy atom. The van der Waals surface area contributed by atoms with Crippen molar-refractivity contribution in [2.45, 2.75) is 13.0 Å². The van der Waals surface area contributed by atoms with Crippen molar-refractivity contribution in [1.82, 2.24) is 0 Å². The summed E-state index contributed by atoms with van der Waals surface area (Å²) in [6.45, 7) is 0.563. The lowest BCUT2D eigenvalue weighted by atomic mass is 10.1. The third kappa shape index (κ3) is 4.99. The van der Waals surface area contributed by atoms with Crippen LogP contribution in [0.1, 0.15) is 27.9 Å². The number of rotatable bonds is 8. The number of anilines is 2. The molecule has 0 spiro atoms. The molecule has 5 heteroatoms. The van der Waals surface area contributed by atoms with Crippen LogP contribution in [0.15, 0.2) is 91.0 Å². The summed E-state index contributed by atoms with van der Waals surface area (Å²) in [5.41, 5.74) is 4.33. The number of amides is 1. The molecule has 5 nitrogen and oxygen atoms in total. The molecule has 0 heterocycles. The number of carbonyl (C=O) groups is 2. The molecule has 4 aromatic carbocycles. The predicted molar refractivity (Wildman–Crippen MR) is 134 cm³/mol. The van der Waals surface area contributed by atoms with Gasteiger partial charge in [-0.2, -0.15) is 0 Å². The highest BCUT2D eigenvalue weighted by Gasteiger charge is 2.14. The monoisotopic (exact) mass is 435 g/mol. The third-order valence-electron chi connectivity index (χ3n) is 5.65. The van der Waals surface area contributed by atoms with E-state index in [1.807, 2.05) is 91.0 Å². The van der Waals surface area contributed by atoms with Crippen LogP contribution in [0.3, 0.4) is 0 Å². The van der Waals surface area contributed by atoms with Crippen molar-refractivity contribution in [2.24, 2.45) is 0 Å². The fourth-order valence-corrected chi connectivity index (χ4v) is 3.76. The first-order valence-corrected chi connectivity index (χ1v) is 10.8. The Bertz CT molecular complexity index is 1310. The van der Waals surface area contributed by atoms with Crippen LogP contribution in [0.4, 0.5) is 11.4 Å². The highest BCUT2D eigenvalue weighted by atomic mass is 16.2. The van der Waals surface area contributed by atoms with E-state index >= 15 is 0 Å². The van der Waals surface area contributed by atoms with Crippen LogP contribution in [0.25, 0.3) is 10.8 Å². The van der Waals surface area contributed by atoms with Gasteiger partial charge >= 0.3 is 0 Å². The smallest absolute Gasteiger partial charge is 0.258 e. The molecule has 0 bridgehead atoms. The number of nitrogens with one attached hydrogen (secondary N) is 2. The molecule has 4 rings (SSSR count). The Labute approximate surface area is 193 Å². The minimum atomic E-state index is -0.0609. The highest BCUT2D eigenvalue weighted by Crippen LogP contribution is 2.22. The molecule has 33 heavy (non-hydrogen) atoms. The maximum absolute atomic E-state index is 13.0. The van der Waals surface area contributed by atoms with Crippen LogP contribution >= 0.6 is 0 Å². The normalized spacial score (nSPS) is 10.6. The number of aldehydes is 1. The van der Waals surface area contributed by atoms with Crippen molar-refractivity contribution >= 4 is 40.1 Å². The Hall–Kier alpha value is -4.25. The molecule has 0 saturated carbocycles. The fraction of sp³-hybridized carbons (Fsp3) is 0.107. The zero-order chi connectivity index (χ0) is 23.2. The Kier molecular flexibility index (Phi) is 6.60. The summed E-state index contributed by atoms with van der Waals surface area (Å²) >= 11 is 0. The lowest BCUT2D eigenvalue weighted by molar-refractivity contribution is -0.106. The van der Waals surface area contributed by atoms with Crippen molar-refractivity contribution in [3.8, 4) is 0 Å². The van der Waals surface area contributed by atoms with E-state index in [1.54, 1.807) is 11.9 Å². The number of fused-ring (bicyclic) bond motifs is 1. The lowest BCUT2D eigenvalue weighted by Crippen LogP contribution is -2.26. The molecule has 0 aliphatic rings. The van der Waals surface area contributed by atoms with Gasteiger partial charge in [0.1, 0.15) is 6.29 Å². The van der Waals surface area contributed by atoms with Gasteiger partial charge in [0, 0.05) is 48.2 Å². The average molecular weight is 436 g/mol. The molecule has 0 saturated heterocycles. The van der Waals surface area contributed by atoms with Gasteiger partial charge in [-0.05, 0) is 46.7 Å². The van der Waals surface area contributed by atoms with E-state index in [-0.39, 0.29) is 18.0 Å². The molecule has 0 aromatic heterocycles. The molecular weight excluding hydrogens is 410 g/mol. The quantitative estimate of drug-likeness (QED) is 0.276. The zero-order valence-corrected chi connectivity index (χ0v) is 18.4. The predicted octanol–water partition coefficient (Wildman–Crippen LogP) is 5.69. The van der Waals surface area contributed by atoms with Gasteiger partial charge in [0.2, 0.25) is 0 Å². The highest BCUT2D eigenvalue weighted by molar-refractivity contribution is 6.08. The van der Waals surface area contributed by atoms with Crippen LogP contribution in [-0.4, -0.2) is 25.0 Å². The summed E-state index contributed by atoms with van der Waals surface area (Å²) in [5.74, 6) is -0.0609. The van der Waals surface area contributed by atoms with Crippen LogP contribution in [0, 0.1) is 5.41 Å². The van der Waals surface area contributed by atoms with E-state index < -0.39 is 0 Å². The number of benzene rings is 4. The summed E-state index contributed by atoms with van der Waals surface area (Å²) in [7, 11) is 1.78. The second-order valence-corrected chi connectivity index (χ2v) is 7.84. The van der Waals surface area contributed by atoms with E-state index in [9.17, 15) is 9.59 Å². The number of hydrogen-bond donors (Lipinski definition) is 2. The van der Waals surface area contributed by atoms with Crippen LogP contribution in [0.5, 0.6) is 0 Å². The largest absolute Gasteiger partial charge is 0.380 e. The molecule has 0 atom stereocenters. The molecule has 0 unspecified atom stereocenters. The maximum Gasteiger partial charge on any atom is 0.258 e. The van der Waals surface area contributed by atoms with E-state index in [4.69, 9.17) is 5.41 Å². The molecule has 1 amide bonds.